The average Bonchev–Trinajstić information content (AvgIpc) is 2.54. The van der Waals surface area contributed by atoms with Crippen LogP contribution in [0, 0.1) is 22.7 Å². The Hall–Kier alpha value is -3.16. The number of hydrogen-bond acceptors (Lipinski definition) is 4. The van der Waals surface area contributed by atoms with Gasteiger partial charge in [0.2, 0.25) is 0 Å². The van der Waals surface area contributed by atoms with E-state index >= 15 is 0 Å². The van der Waals surface area contributed by atoms with E-state index in [4.69, 9.17) is 0 Å². The highest BCUT2D eigenvalue weighted by atomic mass is 16.4. The van der Waals surface area contributed by atoms with E-state index in [2.05, 4.69) is 0 Å². The van der Waals surface area contributed by atoms with Crippen LogP contribution in [0.2, 0.25) is 0 Å². The van der Waals surface area contributed by atoms with E-state index in [9.17, 15) is 39.6 Å². The van der Waals surface area contributed by atoms with Crippen molar-refractivity contribution in [2.24, 2.45) is 22.7 Å². The van der Waals surface area contributed by atoms with Crippen molar-refractivity contribution in [2.45, 2.75) is 6.42 Å². The van der Waals surface area contributed by atoms with Crippen LogP contribution in [0.3, 0.4) is 0 Å². The van der Waals surface area contributed by atoms with Gasteiger partial charge in [-0.2, -0.15) is 0 Å². The highest BCUT2D eigenvalue weighted by Crippen LogP contribution is 2.49. The van der Waals surface area contributed by atoms with Gasteiger partial charge in [0.15, 0.2) is 0 Å². The summed E-state index contributed by atoms with van der Waals surface area (Å²) in [6.07, 6.45) is 9.18. The summed E-state index contributed by atoms with van der Waals surface area (Å²) in [4.78, 5) is 47.1. The van der Waals surface area contributed by atoms with Gasteiger partial charge in [0.1, 0.15) is 10.8 Å². The van der Waals surface area contributed by atoms with Crippen molar-refractivity contribution in [2.75, 3.05) is 0 Å². The molecule has 4 atom stereocenters. The van der Waals surface area contributed by atoms with E-state index in [1.807, 2.05) is 0 Å². The lowest BCUT2D eigenvalue weighted by molar-refractivity contribution is -0.166. The molecule has 8 heteroatoms. The van der Waals surface area contributed by atoms with Gasteiger partial charge in [-0.05, 0) is 6.42 Å². The molecule has 4 unspecified atom stereocenters. The van der Waals surface area contributed by atoms with E-state index in [0.29, 0.717) is 0 Å². The first kappa shape index (κ1) is 18.2. The molecule has 132 valence electrons. The van der Waals surface area contributed by atoms with Crippen molar-refractivity contribution in [3.05, 3.63) is 48.6 Å². The van der Waals surface area contributed by atoms with Gasteiger partial charge >= 0.3 is 23.9 Å². The third-order valence-corrected chi connectivity index (χ3v) is 4.64. The predicted molar refractivity (Wildman–Crippen MR) is 83.6 cm³/mol. The number of carboxylic acids is 4. The van der Waals surface area contributed by atoms with Crippen molar-refractivity contribution in [1.29, 1.82) is 0 Å². The first-order chi connectivity index (χ1) is 11.7. The second-order valence-corrected chi connectivity index (χ2v) is 5.99. The largest absolute Gasteiger partial charge is 0.481 e. The fraction of sp³-hybridized carbons (Fsp3) is 0.294. The lowest BCUT2D eigenvalue weighted by Gasteiger charge is -2.41. The van der Waals surface area contributed by atoms with Gasteiger partial charge in [-0.1, -0.05) is 48.6 Å². The zero-order valence-electron chi connectivity index (χ0n) is 12.9. The third kappa shape index (κ3) is 2.86. The Kier molecular flexibility index (Phi) is 4.64. The minimum Gasteiger partial charge on any atom is -0.481 e. The number of allylic oxidation sites excluding steroid dienone is 4. The van der Waals surface area contributed by atoms with Gasteiger partial charge in [0.05, 0.1) is 11.8 Å². The Labute approximate surface area is 142 Å². The molecular formula is C17H16O8. The smallest absolute Gasteiger partial charge is 0.314 e. The fourth-order valence-corrected chi connectivity index (χ4v) is 3.34. The molecule has 0 heterocycles. The van der Waals surface area contributed by atoms with Gasteiger partial charge < -0.3 is 20.4 Å². The van der Waals surface area contributed by atoms with E-state index in [1.54, 1.807) is 0 Å². The maximum absolute atomic E-state index is 12.0. The van der Waals surface area contributed by atoms with Crippen LogP contribution in [0.1, 0.15) is 6.42 Å². The maximum atomic E-state index is 12.0. The molecule has 0 radical (unpaired) electrons. The zero-order valence-corrected chi connectivity index (χ0v) is 12.9. The molecule has 4 N–H and O–H groups in total. The number of carbonyl (C=O) groups is 4. The number of carboxylic acid groups (broad SMARTS) is 4. The summed E-state index contributed by atoms with van der Waals surface area (Å²) in [5.74, 6) is -9.00. The standard InChI is InChI=1S/C17H16O8/c18-12(19)10-5-1-3-7-16(10,14(22)23)9-17(15(24)25)8-4-2-6-11(17)13(20)21/h1-8,10-11H,9H2,(H,18,19)(H,20,21)(H,22,23)(H,24,25). The summed E-state index contributed by atoms with van der Waals surface area (Å²) in [5.41, 5.74) is -4.19. The minimum atomic E-state index is -2.10. The van der Waals surface area contributed by atoms with Gasteiger partial charge in [0.25, 0.3) is 0 Å². The van der Waals surface area contributed by atoms with Gasteiger partial charge in [-0.3, -0.25) is 19.2 Å². The molecule has 2 rings (SSSR count). The zero-order chi connectivity index (χ0) is 18.8. The number of rotatable bonds is 6. The normalized spacial score (nSPS) is 33.1. The second kappa shape index (κ2) is 6.39. The van der Waals surface area contributed by atoms with E-state index in [1.165, 1.54) is 24.3 Å². The summed E-state index contributed by atoms with van der Waals surface area (Å²) in [6.45, 7) is 0. The topological polar surface area (TPSA) is 149 Å². The molecule has 0 bridgehead atoms. The van der Waals surface area contributed by atoms with Crippen molar-refractivity contribution in [3.63, 3.8) is 0 Å². The van der Waals surface area contributed by atoms with Crippen LogP contribution in [0.4, 0.5) is 0 Å². The lowest BCUT2D eigenvalue weighted by atomic mass is 9.58. The third-order valence-electron chi connectivity index (χ3n) is 4.64. The molecule has 0 aromatic heterocycles. The summed E-state index contributed by atoms with van der Waals surface area (Å²) in [5, 5.41) is 38.3. The van der Waals surface area contributed by atoms with E-state index in [0.717, 1.165) is 24.3 Å². The van der Waals surface area contributed by atoms with E-state index < -0.39 is 53.0 Å². The van der Waals surface area contributed by atoms with Crippen LogP contribution in [0.15, 0.2) is 48.6 Å². The summed E-state index contributed by atoms with van der Waals surface area (Å²) in [6, 6.07) is 0. The van der Waals surface area contributed by atoms with Crippen molar-refractivity contribution >= 4 is 23.9 Å². The Morgan fingerprint density at radius 1 is 0.680 bits per heavy atom. The van der Waals surface area contributed by atoms with E-state index in [-0.39, 0.29) is 0 Å². The SMILES string of the molecule is O=C(O)C1C=CC=CC1(CC1(C(=O)O)C=CC=CC1C(=O)O)C(=O)O. The molecule has 2 aliphatic rings. The molecule has 0 saturated heterocycles. The quantitative estimate of drug-likeness (QED) is 0.559. The molecule has 0 fully saturated rings. The van der Waals surface area contributed by atoms with Crippen LogP contribution in [0.5, 0.6) is 0 Å². The minimum absolute atomic E-state index is 0.722. The summed E-state index contributed by atoms with van der Waals surface area (Å²) in [7, 11) is 0. The van der Waals surface area contributed by atoms with Crippen molar-refractivity contribution < 1.29 is 39.6 Å². The first-order valence-corrected chi connectivity index (χ1v) is 7.32. The van der Waals surface area contributed by atoms with Crippen LogP contribution < -0.4 is 0 Å². The maximum Gasteiger partial charge on any atom is 0.314 e. The van der Waals surface area contributed by atoms with Gasteiger partial charge in [-0.15, -0.1) is 0 Å². The van der Waals surface area contributed by atoms with Gasteiger partial charge in [-0.25, -0.2) is 0 Å². The summed E-state index contributed by atoms with van der Waals surface area (Å²) >= 11 is 0. The molecule has 25 heavy (non-hydrogen) atoms. The van der Waals surface area contributed by atoms with Crippen LogP contribution >= 0.6 is 0 Å². The molecule has 0 amide bonds. The van der Waals surface area contributed by atoms with Crippen molar-refractivity contribution in [3.8, 4) is 0 Å². The Balaban J connectivity index is 2.63. The van der Waals surface area contributed by atoms with Gasteiger partial charge in [0, 0.05) is 0 Å². The molecule has 0 aliphatic heterocycles. The number of aliphatic carboxylic acids is 4. The predicted octanol–water partition coefficient (Wildman–Crippen LogP) is 1.17. The summed E-state index contributed by atoms with van der Waals surface area (Å²) < 4.78 is 0. The van der Waals surface area contributed by atoms with Crippen LogP contribution in [0.25, 0.3) is 0 Å². The van der Waals surface area contributed by atoms with Crippen molar-refractivity contribution in [1.82, 2.24) is 0 Å². The Morgan fingerprint density at radius 3 is 1.32 bits per heavy atom. The highest BCUT2D eigenvalue weighted by molar-refractivity contribution is 5.91. The molecule has 0 aromatic rings. The first-order valence-electron chi connectivity index (χ1n) is 7.32. The monoisotopic (exact) mass is 348 g/mol. The van der Waals surface area contributed by atoms with Crippen LogP contribution in [-0.4, -0.2) is 44.3 Å². The molecule has 0 aromatic carbocycles. The Bertz CT molecular complexity index is 682. The lowest BCUT2D eigenvalue weighted by Crippen LogP contribution is -2.51. The average molecular weight is 348 g/mol. The molecule has 2 aliphatic carbocycles. The second-order valence-electron chi connectivity index (χ2n) is 5.99. The molecule has 8 nitrogen and oxygen atoms in total. The number of hydrogen-bond donors (Lipinski definition) is 4. The fourth-order valence-electron chi connectivity index (χ4n) is 3.34. The molecule has 0 spiro atoms. The highest BCUT2D eigenvalue weighted by Gasteiger charge is 2.58. The molecule has 0 saturated carbocycles. The van der Waals surface area contributed by atoms with Crippen LogP contribution in [-0.2, 0) is 19.2 Å². The Morgan fingerprint density at radius 2 is 1.04 bits per heavy atom. The molecular weight excluding hydrogens is 332 g/mol.